The van der Waals surface area contributed by atoms with Gasteiger partial charge in [-0.05, 0) is 42.7 Å². The average molecular weight is 361 g/mol. The van der Waals surface area contributed by atoms with Crippen LogP contribution < -0.4 is 0 Å². The Morgan fingerprint density at radius 3 is 2.42 bits per heavy atom. The number of halogens is 1. The maximum absolute atomic E-state index is 12.1. The van der Waals surface area contributed by atoms with Crippen LogP contribution in [0.25, 0.3) is 10.4 Å². The predicted octanol–water partition coefficient (Wildman–Crippen LogP) is 4.12. The Balaban J connectivity index is 1.33. The summed E-state index contributed by atoms with van der Waals surface area (Å²) in [5.74, 6) is 0.728. The van der Waals surface area contributed by atoms with Crippen LogP contribution in [-0.2, 0) is 11.3 Å². The van der Waals surface area contributed by atoms with Crippen molar-refractivity contribution < 1.29 is 4.79 Å². The molecule has 3 nitrogen and oxygen atoms in total. The van der Waals surface area contributed by atoms with Gasteiger partial charge in [0.05, 0.1) is 0 Å². The van der Waals surface area contributed by atoms with E-state index in [1.54, 1.807) is 0 Å². The van der Waals surface area contributed by atoms with Gasteiger partial charge in [-0.2, -0.15) is 0 Å². The number of amides is 1. The molecular formula is C19H21ClN2OS. The molecule has 1 aliphatic carbocycles. The fraction of sp³-hybridized carbons (Fsp3) is 0.421. The molecule has 2 fully saturated rings. The van der Waals surface area contributed by atoms with E-state index < -0.39 is 0 Å². The first-order chi connectivity index (χ1) is 11.7. The molecule has 0 atom stereocenters. The van der Waals surface area contributed by atoms with Crippen LogP contribution in [0.2, 0.25) is 5.02 Å². The van der Waals surface area contributed by atoms with Crippen LogP contribution in [-0.4, -0.2) is 41.9 Å². The van der Waals surface area contributed by atoms with Crippen molar-refractivity contribution in [2.24, 2.45) is 5.92 Å². The maximum Gasteiger partial charge on any atom is 0.225 e. The normalized spacial score (nSPS) is 18.8. The number of rotatable bonds is 4. The Bertz CT molecular complexity index is 715. The predicted molar refractivity (Wildman–Crippen MR) is 99.3 cm³/mol. The summed E-state index contributed by atoms with van der Waals surface area (Å²) in [6, 6.07) is 12.4. The van der Waals surface area contributed by atoms with Crippen molar-refractivity contribution in [3.05, 3.63) is 46.3 Å². The smallest absolute Gasteiger partial charge is 0.225 e. The van der Waals surface area contributed by atoms with Gasteiger partial charge in [0, 0.05) is 53.4 Å². The lowest BCUT2D eigenvalue weighted by Crippen LogP contribution is -2.48. The zero-order chi connectivity index (χ0) is 16.5. The Kier molecular flexibility index (Phi) is 4.61. The molecule has 4 rings (SSSR count). The fourth-order valence-corrected chi connectivity index (χ4v) is 4.35. The Hall–Kier alpha value is -1.36. The monoisotopic (exact) mass is 360 g/mol. The molecule has 2 aliphatic rings. The number of nitrogens with zero attached hydrogens (tertiary/aromatic N) is 2. The van der Waals surface area contributed by atoms with Crippen LogP contribution in [0.1, 0.15) is 17.7 Å². The zero-order valence-electron chi connectivity index (χ0n) is 13.6. The van der Waals surface area contributed by atoms with Crippen LogP contribution in [0.15, 0.2) is 36.4 Å². The van der Waals surface area contributed by atoms with E-state index in [2.05, 4.69) is 34.1 Å². The Morgan fingerprint density at radius 2 is 1.75 bits per heavy atom. The Morgan fingerprint density at radius 1 is 1.04 bits per heavy atom. The van der Waals surface area contributed by atoms with Crippen molar-refractivity contribution in [2.45, 2.75) is 19.4 Å². The first-order valence-corrected chi connectivity index (χ1v) is 9.74. The van der Waals surface area contributed by atoms with E-state index in [0.717, 1.165) is 50.6 Å². The molecule has 5 heteroatoms. The van der Waals surface area contributed by atoms with E-state index >= 15 is 0 Å². The standard InChI is InChI=1S/C19H21ClN2OS/c20-16-5-3-14(4-6-16)18-8-7-17(24-18)13-21-9-11-22(12-10-21)19(23)15-1-2-15/h3-8,15H,1-2,9-13H2. The number of thiophene rings is 1. The highest BCUT2D eigenvalue weighted by atomic mass is 35.5. The van der Waals surface area contributed by atoms with Gasteiger partial charge in [-0.25, -0.2) is 0 Å². The fourth-order valence-electron chi connectivity index (χ4n) is 3.17. The lowest BCUT2D eigenvalue weighted by Gasteiger charge is -2.34. The molecule has 0 N–H and O–H groups in total. The van der Waals surface area contributed by atoms with Gasteiger partial charge in [0.15, 0.2) is 0 Å². The van der Waals surface area contributed by atoms with Gasteiger partial charge in [0.1, 0.15) is 0 Å². The zero-order valence-corrected chi connectivity index (χ0v) is 15.2. The van der Waals surface area contributed by atoms with Gasteiger partial charge in [-0.15, -0.1) is 11.3 Å². The SMILES string of the molecule is O=C(C1CC1)N1CCN(Cc2ccc(-c3ccc(Cl)cc3)s2)CC1. The molecule has 1 saturated carbocycles. The summed E-state index contributed by atoms with van der Waals surface area (Å²) in [6.45, 7) is 4.69. The van der Waals surface area contributed by atoms with Crippen molar-refractivity contribution in [3.63, 3.8) is 0 Å². The second-order valence-electron chi connectivity index (χ2n) is 6.65. The summed E-state index contributed by atoms with van der Waals surface area (Å²) in [6.07, 6.45) is 2.20. The molecule has 24 heavy (non-hydrogen) atoms. The third-order valence-electron chi connectivity index (χ3n) is 4.78. The van der Waals surface area contributed by atoms with Crippen molar-refractivity contribution >= 4 is 28.8 Å². The molecule has 2 aromatic rings. The highest BCUT2D eigenvalue weighted by molar-refractivity contribution is 7.15. The Labute approximate surface area is 151 Å². The van der Waals surface area contributed by atoms with Crippen molar-refractivity contribution in [2.75, 3.05) is 26.2 Å². The minimum absolute atomic E-state index is 0.343. The quantitative estimate of drug-likeness (QED) is 0.818. The number of hydrogen-bond donors (Lipinski definition) is 0. The molecule has 0 unspecified atom stereocenters. The van der Waals surface area contributed by atoms with Gasteiger partial charge in [-0.1, -0.05) is 23.7 Å². The lowest BCUT2D eigenvalue weighted by atomic mass is 10.2. The molecule has 0 bridgehead atoms. The largest absolute Gasteiger partial charge is 0.340 e. The summed E-state index contributed by atoms with van der Waals surface area (Å²) in [7, 11) is 0. The van der Waals surface area contributed by atoms with Gasteiger partial charge in [0.2, 0.25) is 5.91 Å². The van der Waals surface area contributed by atoms with Crippen LogP contribution in [0.3, 0.4) is 0 Å². The van der Waals surface area contributed by atoms with Gasteiger partial charge in [-0.3, -0.25) is 9.69 Å². The molecular weight excluding hydrogens is 340 g/mol. The van der Waals surface area contributed by atoms with Crippen LogP contribution >= 0.6 is 22.9 Å². The number of hydrogen-bond acceptors (Lipinski definition) is 3. The second-order valence-corrected chi connectivity index (χ2v) is 8.25. The van der Waals surface area contributed by atoms with Gasteiger partial charge < -0.3 is 4.90 Å². The number of benzene rings is 1. The number of carbonyl (C=O) groups excluding carboxylic acids is 1. The van der Waals surface area contributed by atoms with Gasteiger partial charge in [0.25, 0.3) is 0 Å². The van der Waals surface area contributed by atoms with E-state index in [1.165, 1.54) is 15.3 Å². The summed E-state index contributed by atoms with van der Waals surface area (Å²) in [5, 5.41) is 0.772. The van der Waals surface area contributed by atoms with E-state index in [9.17, 15) is 4.79 Å². The molecule has 126 valence electrons. The lowest BCUT2D eigenvalue weighted by molar-refractivity contribution is -0.134. The third-order valence-corrected chi connectivity index (χ3v) is 6.15. The summed E-state index contributed by atoms with van der Waals surface area (Å²) < 4.78 is 0. The molecule has 1 aromatic carbocycles. The minimum atomic E-state index is 0.343. The number of carbonyl (C=O) groups is 1. The second kappa shape index (κ2) is 6.87. The molecule has 1 aliphatic heterocycles. The van der Waals surface area contributed by atoms with E-state index in [1.807, 2.05) is 23.5 Å². The van der Waals surface area contributed by atoms with Crippen LogP contribution in [0.4, 0.5) is 0 Å². The molecule has 0 radical (unpaired) electrons. The van der Waals surface area contributed by atoms with Crippen LogP contribution in [0, 0.1) is 5.92 Å². The minimum Gasteiger partial charge on any atom is -0.340 e. The van der Waals surface area contributed by atoms with Crippen molar-refractivity contribution in [3.8, 4) is 10.4 Å². The van der Waals surface area contributed by atoms with E-state index in [4.69, 9.17) is 11.6 Å². The summed E-state index contributed by atoms with van der Waals surface area (Å²) in [5.41, 5.74) is 1.22. The van der Waals surface area contributed by atoms with Crippen molar-refractivity contribution in [1.82, 2.24) is 9.80 Å². The first kappa shape index (κ1) is 16.1. The molecule has 1 amide bonds. The van der Waals surface area contributed by atoms with Crippen molar-refractivity contribution in [1.29, 1.82) is 0 Å². The number of piperazine rings is 1. The van der Waals surface area contributed by atoms with E-state index in [0.29, 0.717) is 11.8 Å². The average Bonchev–Trinajstić information content (AvgIpc) is 3.35. The maximum atomic E-state index is 12.1. The van der Waals surface area contributed by atoms with Crippen LogP contribution in [0.5, 0.6) is 0 Å². The molecule has 1 saturated heterocycles. The first-order valence-electron chi connectivity index (χ1n) is 8.55. The summed E-state index contributed by atoms with van der Waals surface area (Å²) >= 11 is 7.80. The molecule has 1 aromatic heterocycles. The topological polar surface area (TPSA) is 23.6 Å². The highest BCUT2D eigenvalue weighted by Crippen LogP contribution is 2.32. The summed E-state index contributed by atoms with van der Waals surface area (Å²) in [4.78, 5) is 19.3. The van der Waals surface area contributed by atoms with E-state index in [-0.39, 0.29) is 0 Å². The molecule has 0 spiro atoms. The van der Waals surface area contributed by atoms with Gasteiger partial charge >= 0.3 is 0 Å². The molecule has 2 heterocycles. The third kappa shape index (κ3) is 3.66. The highest BCUT2D eigenvalue weighted by Gasteiger charge is 2.34.